The minimum absolute atomic E-state index is 0.549. The summed E-state index contributed by atoms with van der Waals surface area (Å²) in [5.41, 5.74) is 6.71. The van der Waals surface area contributed by atoms with Gasteiger partial charge in [0.1, 0.15) is 12.0 Å². The molecule has 0 atom stereocenters. The molecular formula is C16H23N9. The minimum atomic E-state index is 0.549. The second-order valence-electron chi connectivity index (χ2n) is 5.65. The van der Waals surface area contributed by atoms with Gasteiger partial charge in [0.05, 0.1) is 12.7 Å². The number of nitrogens with one attached hydrogen (secondary N) is 2. The van der Waals surface area contributed by atoms with E-state index in [4.69, 9.17) is 5.73 Å². The Morgan fingerprint density at radius 2 is 1.36 bits per heavy atom. The molecule has 25 heavy (non-hydrogen) atoms. The first kappa shape index (κ1) is 16.7. The average molecular weight is 341 g/mol. The van der Waals surface area contributed by atoms with Crippen LogP contribution in [0.4, 0.5) is 17.3 Å². The molecule has 0 aliphatic heterocycles. The Balaban J connectivity index is 1.42. The molecule has 0 fully saturated rings. The number of hydrogen-bond acceptors (Lipinski definition) is 7. The fourth-order valence-corrected chi connectivity index (χ4v) is 2.45. The summed E-state index contributed by atoms with van der Waals surface area (Å²) in [4.78, 5) is 16.5. The lowest BCUT2D eigenvalue weighted by Gasteiger charge is -2.12. The van der Waals surface area contributed by atoms with E-state index in [1.54, 1.807) is 12.4 Å². The topological polar surface area (TPSA) is 111 Å². The van der Waals surface area contributed by atoms with Crippen LogP contribution in [0.2, 0.25) is 0 Å². The van der Waals surface area contributed by atoms with E-state index in [1.165, 1.54) is 6.33 Å². The van der Waals surface area contributed by atoms with Crippen LogP contribution in [0.5, 0.6) is 0 Å². The van der Waals surface area contributed by atoms with Crippen LogP contribution >= 0.6 is 0 Å². The summed E-state index contributed by atoms with van der Waals surface area (Å²) < 4.78 is 4.08. The highest BCUT2D eigenvalue weighted by molar-refractivity contribution is 5.73. The number of hydrogen-bond donors (Lipinski definition) is 3. The zero-order chi connectivity index (χ0) is 17.3. The fourth-order valence-electron chi connectivity index (χ4n) is 2.45. The fraction of sp³-hybridized carbons (Fsp3) is 0.375. The molecule has 3 rings (SSSR count). The second kappa shape index (κ2) is 8.67. The van der Waals surface area contributed by atoms with Crippen molar-refractivity contribution in [3.8, 4) is 0 Å². The summed E-state index contributed by atoms with van der Waals surface area (Å²) in [6, 6.07) is 0. The predicted molar refractivity (Wildman–Crippen MR) is 97.1 cm³/mol. The summed E-state index contributed by atoms with van der Waals surface area (Å²) in [6.45, 7) is 3.35. The molecule has 0 aromatic carbocycles. The van der Waals surface area contributed by atoms with E-state index >= 15 is 0 Å². The number of aryl methyl sites for hydroxylation is 2. The Morgan fingerprint density at radius 3 is 1.80 bits per heavy atom. The molecule has 0 unspecified atom stereocenters. The van der Waals surface area contributed by atoms with Gasteiger partial charge < -0.3 is 25.5 Å². The molecule has 3 aromatic rings. The number of anilines is 3. The third-order valence-corrected chi connectivity index (χ3v) is 3.77. The third kappa shape index (κ3) is 4.93. The maximum Gasteiger partial charge on any atom is 0.154 e. The summed E-state index contributed by atoms with van der Waals surface area (Å²) in [5, 5.41) is 6.53. The molecule has 3 aromatic heterocycles. The molecule has 3 heterocycles. The van der Waals surface area contributed by atoms with Crippen LogP contribution in [0.1, 0.15) is 12.8 Å². The Kier molecular flexibility index (Phi) is 5.81. The third-order valence-electron chi connectivity index (χ3n) is 3.77. The highest BCUT2D eigenvalue weighted by atomic mass is 15.1. The Hall–Kier alpha value is -3.10. The number of nitrogens with two attached hydrogens (primary N) is 1. The summed E-state index contributed by atoms with van der Waals surface area (Å²) in [5.74, 6) is 1.33. The van der Waals surface area contributed by atoms with Crippen molar-refractivity contribution in [1.82, 2.24) is 29.1 Å². The molecule has 0 radical (unpaired) electrons. The van der Waals surface area contributed by atoms with Gasteiger partial charge in [0.15, 0.2) is 11.6 Å². The first-order valence-corrected chi connectivity index (χ1v) is 8.32. The van der Waals surface area contributed by atoms with Gasteiger partial charge >= 0.3 is 0 Å². The Labute approximate surface area is 146 Å². The average Bonchev–Trinajstić information content (AvgIpc) is 3.32. The number of aromatic nitrogens is 6. The van der Waals surface area contributed by atoms with Crippen molar-refractivity contribution in [2.24, 2.45) is 0 Å². The number of nitrogens with zero attached hydrogens (tertiary/aromatic N) is 6. The molecule has 0 aliphatic rings. The largest absolute Gasteiger partial charge is 0.393 e. The van der Waals surface area contributed by atoms with Gasteiger partial charge in [-0.15, -0.1) is 0 Å². The van der Waals surface area contributed by atoms with Crippen molar-refractivity contribution < 1.29 is 0 Å². The maximum absolute atomic E-state index is 6.16. The lowest BCUT2D eigenvalue weighted by atomic mass is 10.3. The van der Waals surface area contributed by atoms with Gasteiger partial charge in [0.25, 0.3) is 0 Å². The molecule has 0 bridgehead atoms. The van der Waals surface area contributed by atoms with E-state index in [9.17, 15) is 0 Å². The Bertz CT molecular complexity index is 677. The van der Waals surface area contributed by atoms with Crippen LogP contribution < -0.4 is 16.4 Å². The van der Waals surface area contributed by atoms with Gasteiger partial charge in [-0.2, -0.15) is 0 Å². The van der Waals surface area contributed by atoms with E-state index in [1.807, 2.05) is 34.2 Å². The zero-order valence-electron chi connectivity index (χ0n) is 14.0. The van der Waals surface area contributed by atoms with Crippen LogP contribution in [0.15, 0.2) is 43.8 Å². The first-order chi connectivity index (χ1) is 12.3. The van der Waals surface area contributed by atoms with Crippen molar-refractivity contribution in [1.29, 1.82) is 0 Å². The summed E-state index contributed by atoms with van der Waals surface area (Å²) in [7, 11) is 0. The molecule has 9 heteroatoms. The number of nitrogen functional groups attached to an aromatic ring is 1. The van der Waals surface area contributed by atoms with Crippen molar-refractivity contribution in [3.63, 3.8) is 0 Å². The highest BCUT2D eigenvalue weighted by Crippen LogP contribution is 2.22. The van der Waals surface area contributed by atoms with Gasteiger partial charge in [-0.1, -0.05) is 0 Å². The molecule has 132 valence electrons. The van der Waals surface area contributed by atoms with E-state index in [2.05, 4.69) is 30.6 Å². The maximum atomic E-state index is 6.16. The van der Waals surface area contributed by atoms with Gasteiger partial charge in [-0.3, -0.25) is 0 Å². The van der Waals surface area contributed by atoms with Gasteiger partial charge in [0, 0.05) is 51.0 Å². The predicted octanol–water partition coefficient (Wildman–Crippen LogP) is 1.46. The first-order valence-electron chi connectivity index (χ1n) is 8.32. The van der Waals surface area contributed by atoms with Gasteiger partial charge in [-0.05, 0) is 12.8 Å². The molecular weight excluding hydrogens is 318 g/mol. The van der Waals surface area contributed by atoms with Crippen LogP contribution in [-0.4, -0.2) is 42.2 Å². The summed E-state index contributed by atoms with van der Waals surface area (Å²) in [6.07, 6.45) is 14.5. The lowest BCUT2D eigenvalue weighted by Crippen LogP contribution is -2.13. The van der Waals surface area contributed by atoms with E-state index in [0.29, 0.717) is 17.3 Å². The number of imidazole rings is 2. The SMILES string of the molecule is Nc1c(NCCCn2ccnc2)ncnc1NCCCn1ccnc1. The van der Waals surface area contributed by atoms with Crippen molar-refractivity contribution in [2.75, 3.05) is 29.5 Å². The molecule has 0 amide bonds. The van der Waals surface area contributed by atoms with Crippen molar-refractivity contribution >= 4 is 17.3 Å². The van der Waals surface area contributed by atoms with Crippen LogP contribution in [0.25, 0.3) is 0 Å². The van der Waals surface area contributed by atoms with E-state index < -0.39 is 0 Å². The van der Waals surface area contributed by atoms with E-state index in [-0.39, 0.29) is 0 Å². The lowest BCUT2D eigenvalue weighted by molar-refractivity contribution is 0.659. The van der Waals surface area contributed by atoms with E-state index in [0.717, 1.165) is 39.0 Å². The van der Waals surface area contributed by atoms with Gasteiger partial charge in [-0.25, -0.2) is 19.9 Å². The number of rotatable bonds is 10. The monoisotopic (exact) mass is 341 g/mol. The van der Waals surface area contributed by atoms with Crippen LogP contribution in [0.3, 0.4) is 0 Å². The minimum Gasteiger partial charge on any atom is -0.393 e. The smallest absolute Gasteiger partial charge is 0.154 e. The van der Waals surface area contributed by atoms with Crippen molar-refractivity contribution in [2.45, 2.75) is 25.9 Å². The second-order valence-corrected chi connectivity index (χ2v) is 5.65. The normalized spacial score (nSPS) is 10.7. The highest BCUT2D eigenvalue weighted by Gasteiger charge is 2.07. The summed E-state index contributed by atoms with van der Waals surface area (Å²) >= 11 is 0. The van der Waals surface area contributed by atoms with Crippen LogP contribution in [-0.2, 0) is 13.1 Å². The molecule has 0 aliphatic carbocycles. The standard InChI is InChI=1S/C16H23N9/c17-14-15(20-3-1-7-24-9-5-18-12-24)22-11-23-16(14)21-4-2-8-25-10-6-19-13-25/h5-6,9-13H,1-4,7-8,17H2,(H2,20,21,22,23). The molecule has 0 saturated heterocycles. The zero-order valence-corrected chi connectivity index (χ0v) is 14.0. The molecule has 4 N–H and O–H groups in total. The molecule has 0 saturated carbocycles. The molecule has 0 spiro atoms. The quantitative estimate of drug-likeness (QED) is 0.479. The van der Waals surface area contributed by atoms with Crippen molar-refractivity contribution in [3.05, 3.63) is 43.8 Å². The Morgan fingerprint density at radius 1 is 0.840 bits per heavy atom. The molecule has 9 nitrogen and oxygen atoms in total. The van der Waals surface area contributed by atoms with Crippen LogP contribution in [0, 0.1) is 0 Å². The van der Waals surface area contributed by atoms with Gasteiger partial charge in [0.2, 0.25) is 0 Å².